The number of nitrogens with one attached hydrogen (secondary N) is 1. The maximum atomic E-state index is 14.6. The van der Waals surface area contributed by atoms with Gasteiger partial charge >= 0.3 is 0 Å². The first-order valence-electron chi connectivity index (χ1n) is 12.3. The van der Waals surface area contributed by atoms with Crippen molar-refractivity contribution in [1.82, 2.24) is 14.9 Å². The quantitative estimate of drug-likeness (QED) is 0.167. The number of ether oxygens (including phenoxy) is 2. The van der Waals surface area contributed by atoms with Gasteiger partial charge in [-0.05, 0) is 24.3 Å². The molecule has 4 rings (SSSR count). The maximum Gasteiger partial charge on any atom is 0.265 e. The molecular formula is C25H27Cl2FN4O9S2. The normalized spacial score (nSPS) is 14.0. The van der Waals surface area contributed by atoms with Crippen LogP contribution in [-0.2, 0) is 25.0 Å². The fourth-order valence-corrected chi connectivity index (χ4v) is 5.87. The zero-order valence-electron chi connectivity index (χ0n) is 22.5. The van der Waals surface area contributed by atoms with Crippen LogP contribution in [0.25, 0.3) is 10.9 Å². The molecule has 2 aromatic carbocycles. The molecule has 13 nitrogen and oxygen atoms in total. The molecule has 1 saturated heterocycles. The molecule has 0 spiro atoms. The number of hydrogen-bond donors (Lipinski definition) is 3. The van der Waals surface area contributed by atoms with Gasteiger partial charge in [0.15, 0.2) is 17.3 Å². The van der Waals surface area contributed by atoms with Crippen molar-refractivity contribution in [3.8, 4) is 11.5 Å². The van der Waals surface area contributed by atoms with Gasteiger partial charge in [-0.15, -0.1) is 0 Å². The Kier molecular flexibility index (Phi) is 11.5. The number of rotatable bonds is 9. The molecule has 0 unspecified atom stereocenters. The largest absolute Gasteiger partial charge is 0.493 e. The Labute approximate surface area is 257 Å². The summed E-state index contributed by atoms with van der Waals surface area (Å²) in [6.45, 7) is 4.70. The van der Waals surface area contributed by atoms with E-state index in [4.69, 9.17) is 41.8 Å². The lowest BCUT2D eigenvalue weighted by Gasteiger charge is -2.31. The number of carbonyl (C=O) groups is 1. The van der Waals surface area contributed by atoms with Crippen molar-refractivity contribution in [3.05, 3.63) is 59.1 Å². The number of carbonyl (C=O) groups excluding carboxylic acids is 1. The van der Waals surface area contributed by atoms with Crippen molar-refractivity contribution in [2.75, 3.05) is 37.0 Å². The number of methoxy groups -OCH3 is 1. The molecule has 2 heterocycles. The minimum Gasteiger partial charge on any atom is -0.493 e. The SMILES string of the molecule is C=CC(=O)N1CCC(Oc2cc3c(Nc4ccc(Cl)c(Cl)c4F)ncnc3cc2OC)CC1.O=S(=O)(O)CCS(=O)(=O)O. The second-order valence-corrected chi connectivity index (χ2v) is 12.9. The van der Waals surface area contributed by atoms with Gasteiger partial charge in [-0.2, -0.15) is 16.8 Å². The fraction of sp³-hybridized carbons (Fsp3) is 0.320. The van der Waals surface area contributed by atoms with E-state index in [1.54, 1.807) is 24.1 Å². The van der Waals surface area contributed by atoms with Crippen molar-refractivity contribution in [2.45, 2.75) is 18.9 Å². The van der Waals surface area contributed by atoms with Crippen molar-refractivity contribution in [2.24, 2.45) is 0 Å². The number of hydrogen-bond acceptors (Lipinski definition) is 10. The van der Waals surface area contributed by atoms with Gasteiger partial charge in [0.25, 0.3) is 20.2 Å². The molecule has 0 bridgehead atoms. The van der Waals surface area contributed by atoms with Crippen LogP contribution in [-0.4, -0.2) is 84.5 Å². The monoisotopic (exact) mass is 680 g/mol. The lowest BCUT2D eigenvalue weighted by molar-refractivity contribution is -0.127. The molecule has 3 aromatic rings. The summed E-state index contributed by atoms with van der Waals surface area (Å²) < 4.78 is 81.7. The van der Waals surface area contributed by atoms with E-state index < -0.39 is 37.6 Å². The molecule has 1 aromatic heterocycles. The van der Waals surface area contributed by atoms with Gasteiger partial charge in [0.2, 0.25) is 5.91 Å². The first kappa shape index (κ1) is 34.2. The number of piperidine rings is 1. The van der Waals surface area contributed by atoms with Crippen LogP contribution in [0, 0.1) is 5.82 Å². The number of nitrogens with zero attached hydrogens (tertiary/aromatic N) is 3. The third-order valence-electron chi connectivity index (χ3n) is 6.03. The van der Waals surface area contributed by atoms with Crippen LogP contribution in [0.15, 0.2) is 43.2 Å². The van der Waals surface area contributed by atoms with Crippen LogP contribution in [0.5, 0.6) is 11.5 Å². The fourth-order valence-electron chi connectivity index (χ4n) is 3.88. The second kappa shape index (κ2) is 14.5. The van der Waals surface area contributed by atoms with Crippen LogP contribution < -0.4 is 14.8 Å². The molecule has 1 aliphatic rings. The standard InChI is InChI=1S/C23H21Cl2FN4O3.C2H6O6S2/c1-3-20(31)30-8-6-13(7-9-30)33-19-10-14-17(11-18(19)32-2)27-12-28-23(14)29-16-5-4-15(24)21(25)22(16)26;3-9(4,5)1-2-10(6,7)8/h3-5,10-13H,1,6-9H2,2H3,(H,27,28,29);1-2H2,(H,3,4,5)(H,6,7,8). The summed E-state index contributed by atoms with van der Waals surface area (Å²) in [7, 11) is -7.05. The maximum absolute atomic E-state index is 14.6. The summed E-state index contributed by atoms with van der Waals surface area (Å²) in [6.07, 6.45) is 3.93. The summed E-state index contributed by atoms with van der Waals surface area (Å²) in [4.78, 5) is 22.1. The van der Waals surface area contributed by atoms with E-state index in [0.717, 1.165) is 0 Å². The van der Waals surface area contributed by atoms with Gasteiger partial charge < -0.3 is 19.7 Å². The third kappa shape index (κ3) is 9.87. The van der Waals surface area contributed by atoms with Crippen LogP contribution in [0.2, 0.25) is 10.0 Å². The number of anilines is 2. The molecule has 234 valence electrons. The first-order chi connectivity index (χ1) is 20.1. The number of benzene rings is 2. The number of aromatic nitrogens is 2. The van der Waals surface area contributed by atoms with E-state index in [-0.39, 0.29) is 27.7 Å². The predicted octanol–water partition coefficient (Wildman–Crippen LogP) is 4.15. The van der Waals surface area contributed by atoms with E-state index in [1.165, 1.54) is 24.5 Å². The van der Waals surface area contributed by atoms with Gasteiger partial charge in [0.1, 0.15) is 18.2 Å². The minimum atomic E-state index is -4.30. The molecule has 3 N–H and O–H groups in total. The highest BCUT2D eigenvalue weighted by Gasteiger charge is 2.24. The smallest absolute Gasteiger partial charge is 0.265 e. The van der Waals surface area contributed by atoms with Crippen molar-refractivity contribution < 1.29 is 44.6 Å². The molecule has 43 heavy (non-hydrogen) atoms. The van der Waals surface area contributed by atoms with Gasteiger partial charge in [0, 0.05) is 37.4 Å². The Hall–Kier alpha value is -3.28. The van der Waals surface area contributed by atoms with E-state index in [0.29, 0.717) is 54.2 Å². The zero-order chi connectivity index (χ0) is 31.9. The Morgan fingerprint density at radius 1 is 1.12 bits per heavy atom. The summed E-state index contributed by atoms with van der Waals surface area (Å²) >= 11 is 11.8. The van der Waals surface area contributed by atoms with E-state index in [2.05, 4.69) is 21.9 Å². The van der Waals surface area contributed by atoms with Gasteiger partial charge in [0.05, 0.1) is 39.9 Å². The van der Waals surface area contributed by atoms with Gasteiger partial charge in [-0.3, -0.25) is 13.9 Å². The Morgan fingerprint density at radius 3 is 2.30 bits per heavy atom. The van der Waals surface area contributed by atoms with Crippen LogP contribution >= 0.6 is 23.2 Å². The van der Waals surface area contributed by atoms with E-state index >= 15 is 0 Å². The molecule has 0 radical (unpaired) electrons. The van der Waals surface area contributed by atoms with Crippen LogP contribution in [0.3, 0.4) is 0 Å². The summed E-state index contributed by atoms with van der Waals surface area (Å²) in [5.74, 6) is -1.34. The minimum absolute atomic E-state index is 0.0841. The van der Waals surface area contributed by atoms with Crippen molar-refractivity contribution >= 4 is 71.8 Å². The topological polar surface area (TPSA) is 185 Å². The highest BCUT2D eigenvalue weighted by atomic mass is 35.5. The molecule has 1 fully saturated rings. The van der Waals surface area contributed by atoms with Crippen LogP contribution in [0.4, 0.5) is 15.9 Å². The molecule has 0 aliphatic carbocycles. The second-order valence-electron chi connectivity index (χ2n) is 9.01. The van der Waals surface area contributed by atoms with E-state index in [9.17, 15) is 26.0 Å². The molecule has 1 amide bonds. The average Bonchev–Trinajstić information content (AvgIpc) is 2.96. The van der Waals surface area contributed by atoms with Crippen molar-refractivity contribution in [1.29, 1.82) is 0 Å². The number of fused-ring (bicyclic) bond motifs is 1. The zero-order valence-corrected chi connectivity index (χ0v) is 25.7. The number of likely N-dealkylation sites (tertiary alicyclic amines) is 1. The predicted molar refractivity (Wildman–Crippen MR) is 159 cm³/mol. The summed E-state index contributed by atoms with van der Waals surface area (Å²) in [5.41, 5.74) is 0.713. The van der Waals surface area contributed by atoms with Crippen LogP contribution in [0.1, 0.15) is 12.8 Å². The number of halogens is 3. The average molecular weight is 682 g/mol. The highest BCUT2D eigenvalue weighted by Crippen LogP contribution is 2.37. The summed E-state index contributed by atoms with van der Waals surface area (Å²) in [5, 5.41) is 3.51. The van der Waals surface area contributed by atoms with Gasteiger partial charge in [-0.25, -0.2) is 14.4 Å². The lowest BCUT2D eigenvalue weighted by Crippen LogP contribution is -2.41. The molecule has 1 aliphatic heterocycles. The third-order valence-corrected chi connectivity index (χ3v) is 8.51. The van der Waals surface area contributed by atoms with E-state index in [1.807, 2.05) is 0 Å². The van der Waals surface area contributed by atoms with Gasteiger partial charge in [-0.1, -0.05) is 29.8 Å². The molecular weight excluding hydrogens is 654 g/mol. The molecule has 0 atom stereocenters. The first-order valence-corrected chi connectivity index (χ1v) is 16.3. The Bertz CT molecular complexity index is 1690. The lowest BCUT2D eigenvalue weighted by atomic mass is 10.1. The van der Waals surface area contributed by atoms with Crippen molar-refractivity contribution in [3.63, 3.8) is 0 Å². The highest BCUT2D eigenvalue weighted by molar-refractivity contribution is 7.89. The molecule has 0 saturated carbocycles. The summed E-state index contributed by atoms with van der Waals surface area (Å²) in [6, 6.07) is 6.47. The Balaban J connectivity index is 0.000000436. The Morgan fingerprint density at radius 2 is 1.74 bits per heavy atom. The molecule has 18 heteroatoms. The number of amides is 1.